The highest BCUT2D eigenvalue weighted by molar-refractivity contribution is 6.08. The Morgan fingerprint density at radius 2 is 2.00 bits per heavy atom. The third-order valence-electron chi connectivity index (χ3n) is 4.63. The van der Waals surface area contributed by atoms with Gasteiger partial charge in [0.1, 0.15) is 23.7 Å². The summed E-state index contributed by atoms with van der Waals surface area (Å²) in [5, 5.41) is 23.5. The lowest BCUT2D eigenvalue weighted by molar-refractivity contribution is -0.384. The lowest BCUT2D eigenvalue weighted by atomic mass is 10.2. The van der Waals surface area contributed by atoms with Crippen LogP contribution in [0.1, 0.15) is 5.56 Å². The maximum Gasteiger partial charge on any atom is 0.337 e. The standard InChI is InChI=1S/C21H21N3O7/c1-30-21(27)16-12-23(9-10-25)20(26)19(16)22-17-8-7-15(11-18(17)24(28)29)31-13-14-5-3-2-4-6-14/h2-8,11,22,25H,9-10,12-13H2,1H3. The molecule has 2 aromatic carbocycles. The Balaban J connectivity index is 1.86. The van der Waals surface area contributed by atoms with E-state index in [1.807, 2.05) is 30.3 Å². The average Bonchev–Trinajstić information content (AvgIpc) is 3.08. The van der Waals surface area contributed by atoms with Crippen LogP contribution < -0.4 is 10.1 Å². The zero-order valence-electron chi connectivity index (χ0n) is 16.7. The number of hydrogen-bond donors (Lipinski definition) is 2. The molecule has 0 saturated carbocycles. The zero-order chi connectivity index (χ0) is 22.4. The number of anilines is 1. The summed E-state index contributed by atoms with van der Waals surface area (Å²) in [6, 6.07) is 13.5. The van der Waals surface area contributed by atoms with E-state index in [1.165, 1.54) is 30.2 Å². The Morgan fingerprint density at radius 3 is 2.65 bits per heavy atom. The Hall–Kier alpha value is -3.92. The molecule has 0 fully saturated rings. The van der Waals surface area contributed by atoms with Crippen LogP contribution in [-0.2, 0) is 20.9 Å². The number of rotatable bonds is 9. The first-order valence-electron chi connectivity index (χ1n) is 9.38. The number of hydrogen-bond acceptors (Lipinski definition) is 8. The predicted molar refractivity (Wildman–Crippen MR) is 110 cm³/mol. The van der Waals surface area contributed by atoms with Crippen molar-refractivity contribution in [1.29, 1.82) is 0 Å². The summed E-state index contributed by atoms with van der Waals surface area (Å²) in [5.74, 6) is -1.02. The number of aliphatic hydroxyl groups excluding tert-OH is 1. The fraction of sp³-hybridized carbons (Fsp3) is 0.238. The van der Waals surface area contributed by atoms with Crippen LogP contribution >= 0.6 is 0 Å². The number of benzene rings is 2. The second kappa shape index (κ2) is 9.72. The van der Waals surface area contributed by atoms with E-state index in [1.54, 1.807) is 0 Å². The van der Waals surface area contributed by atoms with Crippen molar-refractivity contribution in [2.45, 2.75) is 6.61 Å². The third kappa shape index (κ3) is 4.98. The van der Waals surface area contributed by atoms with Gasteiger partial charge in [-0.2, -0.15) is 0 Å². The van der Waals surface area contributed by atoms with Crippen molar-refractivity contribution >= 4 is 23.3 Å². The Morgan fingerprint density at radius 1 is 1.26 bits per heavy atom. The molecule has 10 nitrogen and oxygen atoms in total. The SMILES string of the molecule is COC(=O)C1=C(Nc2ccc(OCc3ccccc3)cc2[N+](=O)[O-])C(=O)N(CCO)C1. The van der Waals surface area contributed by atoms with E-state index < -0.39 is 16.8 Å². The van der Waals surface area contributed by atoms with Crippen molar-refractivity contribution in [2.24, 2.45) is 0 Å². The van der Waals surface area contributed by atoms with Crippen molar-refractivity contribution in [1.82, 2.24) is 4.90 Å². The number of nitrogens with one attached hydrogen (secondary N) is 1. The number of carbonyl (C=O) groups excluding carboxylic acids is 2. The molecule has 0 atom stereocenters. The van der Waals surface area contributed by atoms with Gasteiger partial charge in [-0.25, -0.2) is 4.79 Å². The summed E-state index contributed by atoms with van der Waals surface area (Å²) in [4.78, 5) is 37.0. The van der Waals surface area contributed by atoms with Gasteiger partial charge in [-0.1, -0.05) is 30.3 Å². The number of carbonyl (C=O) groups is 2. The molecule has 10 heteroatoms. The van der Waals surface area contributed by atoms with Gasteiger partial charge in [0.2, 0.25) is 0 Å². The molecule has 1 aliphatic rings. The van der Waals surface area contributed by atoms with Gasteiger partial charge < -0.3 is 24.8 Å². The molecule has 1 aliphatic heterocycles. The number of nitro benzene ring substituents is 1. The highest BCUT2D eigenvalue weighted by Crippen LogP contribution is 2.32. The molecule has 162 valence electrons. The van der Waals surface area contributed by atoms with Gasteiger partial charge in [-0.3, -0.25) is 14.9 Å². The summed E-state index contributed by atoms with van der Waals surface area (Å²) in [6.45, 7) is -0.114. The number of methoxy groups -OCH3 is 1. The highest BCUT2D eigenvalue weighted by Gasteiger charge is 2.35. The second-order valence-electron chi connectivity index (χ2n) is 6.63. The lowest BCUT2D eigenvalue weighted by Gasteiger charge is -2.15. The molecule has 3 rings (SSSR count). The van der Waals surface area contributed by atoms with E-state index in [0.29, 0.717) is 0 Å². The monoisotopic (exact) mass is 427 g/mol. The zero-order valence-corrected chi connectivity index (χ0v) is 16.7. The minimum absolute atomic E-state index is 0.0128. The first kappa shape index (κ1) is 21.8. The normalized spacial score (nSPS) is 13.4. The van der Waals surface area contributed by atoms with Crippen molar-refractivity contribution in [3.05, 3.63) is 75.5 Å². The van der Waals surface area contributed by atoms with E-state index >= 15 is 0 Å². The summed E-state index contributed by atoms with van der Waals surface area (Å²) in [7, 11) is 1.17. The van der Waals surface area contributed by atoms with E-state index in [-0.39, 0.29) is 54.7 Å². The van der Waals surface area contributed by atoms with Crippen LogP contribution in [0.15, 0.2) is 59.8 Å². The lowest BCUT2D eigenvalue weighted by Crippen LogP contribution is -2.31. The molecule has 2 aromatic rings. The molecule has 1 amide bonds. The molecule has 1 heterocycles. The van der Waals surface area contributed by atoms with Crippen LogP contribution in [-0.4, -0.2) is 53.6 Å². The van der Waals surface area contributed by atoms with Gasteiger partial charge in [-0.05, 0) is 17.7 Å². The van der Waals surface area contributed by atoms with Crippen LogP contribution in [0.5, 0.6) is 5.75 Å². The number of ether oxygens (including phenoxy) is 2. The summed E-state index contributed by atoms with van der Waals surface area (Å²) >= 11 is 0. The topological polar surface area (TPSA) is 131 Å². The van der Waals surface area contributed by atoms with E-state index in [9.17, 15) is 19.7 Å². The van der Waals surface area contributed by atoms with E-state index in [4.69, 9.17) is 14.6 Å². The van der Waals surface area contributed by atoms with Crippen LogP contribution in [0.25, 0.3) is 0 Å². The highest BCUT2D eigenvalue weighted by atomic mass is 16.6. The molecule has 31 heavy (non-hydrogen) atoms. The minimum Gasteiger partial charge on any atom is -0.489 e. The van der Waals surface area contributed by atoms with Gasteiger partial charge in [0.05, 0.1) is 36.8 Å². The van der Waals surface area contributed by atoms with Crippen molar-refractivity contribution in [2.75, 3.05) is 32.1 Å². The number of β-amino-alcohol motifs (C(OH)–C–C–N with tert-alkyl or cyclic N) is 1. The maximum atomic E-state index is 12.6. The molecular weight excluding hydrogens is 406 g/mol. The number of amides is 1. The average molecular weight is 427 g/mol. The van der Waals surface area contributed by atoms with Gasteiger partial charge in [-0.15, -0.1) is 0 Å². The number of esters is 1. The van der Waals surface area contributed by atoms with Crippen LogP contribution in [0.2, 0.25) is 0 Å². The van der Waals surface area contributed by atoms with Gasteiger partial charge >= 0.3 is 5.97 Å². The maximum absolute atomic E-state index is 12.6. The van der Waals surface area contributed by atoms with Crippen molar-refractivity contribution in [3.63, 3.8) is 0 Å². The first-order chi connectivity index (χ1) is 14.9. The largest absolute Gasteiger partial charge is 0.489 e. The van der Waals surface area contributed by atoms with Gasteiger partial charge in [0, 0.05) is 6.54 Å². The third-order valence-corrected chi connectivity index (χ3v) is 4.63. The van der Waals surface area contributed by atoms with Crippen LogP contribution in [0.3, 0.4) is 0 Å². The number of aliphatic hydroxyl groups is 1. The molecule has 0 radical (unpaired) electrons. The first-order valence-corrected chi connectivity index (χ1v) is 9.38. The second-order valence-corrected chi connectivity index (χ2v) is 6.63. The van der Waals surface area contributed by atoms with Gasteiger partial charge in [0.25, 0.3) is 11.6 Å². The minimum atomic E-state index is -0.734. The molecule has 0 spiro atoms. The summed E-state index contributed by atoms with van der Waals surface area (Å²) in [5.41, 5.74) is 0.505. The van der Waals surface area contributed by atoms with Crippen LogP contribution in [0.4, 0.5) is 11.4 Å². The van der Waals surface area contributed by atoms with Crippen LogP contribution in [0, 0.1) is 10.1 Å². The Labute approximate surface area is 177 Å². The number of nitrogens with zero attached hydrogens (tertiary/aromatic N) is 2. The quantitative estimate of drug-likeness (QED) is 0.352. The molecule has 0 bridgehead atoms. The van der Waals surface area contributed by atoms with Gasteiger partial charge in [0.15, 0.2) is 0 Å². The molecular formula is C21H21N3O7. The Kier molecular flexibility index (Phi) is 6.83. The smallest absolute Gasteiger partial charge is 0.337 e. The van der Waals surface area contributed by atoms with E-state index in [2.05, 4.69) is 5.32 Å². The predicted octanol–water partition coefficient (Wildman–Crippen LogP) is 1.85. The fourth-order valence-corrected chi connectivity index (χ4v) is 3.08. The molecule has 0 aliphatic carbocycles. The molecule has 0 aromatic heterocycles. The Bertz CT molecular complexity index is 1020. The molecule has 2 N–H and O–H groups in total. The summed E-state index contributed by atoms with van der Waals surface area (Å²) in [6.07, 6.45) is 0. The number of nitro groups is 1. The van der Waals surface area contributed by atoms with Crippen molar-refractivity contribution < 1.29 is 29.1 Å². The summed E-state index contributed by atoms with van der Waals surface area (Å²) < 4.78 is 10.3. The fourth-order valence-electron chi connectivity index (χ4n) is 3.08. The molecule has 0 unspecified atom stereocenters. The van der Waals surface area contributed by atoms with Crippen molar-refractivity contribution in [3.8, 4) is 5.75 Å². The molecule has 0 saturated heterocycles. The van der Waals surface area contributed by atoms with E-state index in [0.717, 1.165) is 5.56 Å².